The fraction of sp³-hybridized carbons (Fsp3) is 0.667. The summed E-state index contributed by atoms with van der Waals surface area (Å²) in [6.45, 7) is -0.547. The number of primary amides is 1. The van der Waals surface area contributed by atoms with Crippen LogP contribution in [0.5, 0.6) is 0 Å². The number of carbonyl (C=O) groups is 5. The predicted octanol–water partition coefficient (Wildman–Crippen LogP) is -3.49. The highest BCUT2D eigenvalue weighted by Gasteiger charge is 2.26. The molecule has 0 aromatic heterocycles. The summed E-state index contributed by atoms with van der Waals surface area (Å²) in [7, 11) is 0. The average molecular weight is 388 g/mol. The lowest BCUT2D eigenvalue weighted by Gasteiger charge is -2.22. The van der Waals surface area contributed by atoms with Gasteiger partial charge in [0.25, 0.3) is 0 Å². The number of hydrogen-bond donors (Lipinski definition) is 7. The molecule has 0 rings (SSSR count). The van der Waals surface area contributed by atoms with E-state index in [9.17, 15) is 24.0 Å². The van der Waals surface area contributed by atoms with Crippen molar-refractivity contribution in [3.63, 3.8) is 0 Å². The number of nitrogens with one attached hydrogen (secondary N) is 3. The van der Waals surface area contributed by atoms with Crippen molar-refractivity contribution in [1.82, 2.24) is 16.0 Å². The molecule has 27 heavy (non-hydrogen) atoms. The van der Waals surface area contributed by atoms with Crippen molar-refractivity contribution >= 4 is 29.6 Å². The molecule has 0 radical (unpaired) electrons. The van der Waals surface area contributed by atoms with E-state index in [-0.39, 0.29) is 25.8 Å². The van der Waals surface area contributed by atoms with Gasteiger partial charge < -0.3 is 38.3 Å². The molecular weight excluding hydrogens is 360 g/mol. The van der Waals surface area contributed by atoms with E-state index in [0.717, 1.165) is 0 Å². The smallest absolute Gasteiger partial charge is 0.322 e. The summed E-state index contributed by atoms with van der Waals surface area (Å²) in [4.78, 5) is 57.6. The monoisotopic (exact) mass is 388 g/mol. The molecule has 12 heteroatoms. The standard InChI is InChI=1S/C15H28N6O6/c16-6-2-1-3-9(20-12(23)7-17)15(27)21-10(4-5-11(18)22)14(26)19-8-13(24)25/h9-10H,1-8,16-17H2,(H2,18,22)(H,19,26)(H,20,23)(H,21,27)(H,24,25). The number of amides is 4. The topological polar surface area (TPSA) is 220 Å². The van der Waals surface area contributed by atoms with Gasteiger partial charge in [0.1, 0.15) is 18.6 Å². The molecule has 0 aliphatic carbocycles. The number of carboxylic acids is 1. The molecule has 0 spiro atoms. The summed E-state index contributed by atoms with van der Waals surface area (Å²) < 4.78 is 0. The summed E-state index contributed by atoms with van der Waals surface area (Å²) in [5.41, 5.74) is 15.7. The van der Waals surface area contributed by atoms with Crippen LogP contribution in [-0.4, -0.2) is 66.4 Å². The van der Waals surface area contributed by atoms with Gasteiger partial charge in [-0.3, -0.25) is 24.0 Å². The second kappa shape index (κ2) is 13.5. The molecule has 0 aliphatic heterocycles. The number of nitrogens with two attached hydrogens (primary N) is 3. The van der Waals surface area contributed by atoms with E-state index in [2.05, 4.69) is 16.0 Å². The van der Waals surface area contributed by atoms with Crippen LogP contribution in [0.25, 0.3) is 0 Å². The Morgan fingerprint density at radius 2 is 1.52 bits per heavy atom. The molecule has 0 bridgehead atoms. The Morgan fingerprint density at radius 3 is 2.04 bits per heavy atom. The minimum absolute atomic E-state index is 0.118. The molecule has 0 aromatic rings. The van der Waals surface area contributed by atoms with Crippen molar-refractivity contribution in [3.05, 3.63) is 0 Å². The average Bonchev–Trinajstić information content (AvgIpc) is 2.61. The first-order valence-electron chi connectivity index (χ1n) is 8.48. The Balaban J connectivity index is 5.06. The number of unbranched alkanes of at least 4 members (excludes halogenated alkanes) is 1. The maximum atomic E-state index is 12.5. The second-order valence-corrected chi connectivity index (χ2v) is 5.79. The van der Waals surface area contributed by atoms with Crippen LogP contribution in [0.2, 0.25) is 0 Å². The largest absolute Gasteiger partial charge is 0.480 e. The minimum Gasteiger partial charge on any atom is -0.480 e. The molecule has 0 fully saturated rings. The van der Waals surface area contributed by atoms with Crippen molar-refractivity contribution in [2.45, 2.75) is 44.2 Å². The third kappa shape index (κ3) is 11.5. The zero-order chi connectivity index (χ0) is 20.8. The van der Waals surface area contributed by atoms with Crippen molar-refractivity contribution in [2.24, 2.45) is 17.2 Å². The van der Waals surface area contributed by atoms with Crippen LogP contribution >= 0.6 is 0 Å². The molecule has 2 atom stereocenters. The number of carbonyl (C=O) groups excluding carboxylic acids is 4. The molecule has 12 nitrogen and oxygen atoms in total. The van der Waals surface area contributed by atoms with Crippen LogP contribution < -0.4 is 33.2 Å². The van der Waals surface area contributed by atoms with Crippen molar-refractivity contribution in [3.8, 4) is 0 Å². The fourth-order valence-corrected chi connectivity index (χ4v) is 2.13. The van der Waals surface area contributed by atoms with Gasteiger partial charge in [0.2, 0.25) is 23.6 Å². The lowest BCUT2D eigenvalue weighted by Crippen LogP contribution is -2.54. The normalized spacial score (nSPS) is 12.5. The van der Waals surface area contributed by atoms with Gasteiger partial charge in [0.05, 0.1) is 6.54 Å². The van der Waals surface area contributed by atoms with E-state index >= 15 is 0 Å². The summed E-state index contributed by atoms with van der Waals surface area (Å²) in [5, 5.41) is 15.6. The quantitative estimate of drug-likeness (QED) is 0.148. The van der Waals surface area contributed by atoms with Gasteiger partial charge in [-0.1, -0.05) is 0 Å². The third-order valence-electron chi connectivity index (χ3n) is 3.51. The molecule has 0 aliphatic rings. The Kier molecular flexibility index (Phi) is 12.1. The number of hydrogen-bond acceptors (Lipinski definition) is 7. The zero-order valence-electron chi connectivity index (χ0n) is 15.0. The Hall–Kier alpha value is -2.73. The van der Waals surface area contributed by atoms with Gasteiger partial charge in [0.15, 0.2) is 0 Å². The second-order valence-electron chi connectivity index (χ2n) is 5.79. The summed E-state index contributed by atoms with van der Waals surface area (Å²) in [6, 6.07) is -2.13. The van der Waals surface area contributed by atoms with Gasteiger partial charge in [-0.2, -0.15) is 0 Å². The van der Waals surface area contributed by atoms with Gasteiger partial charge in [-0.15, -0.1) is 0 Å². The molecule has 0 aromatic carbocycles. The first kappa shape index (κ1) is 24.3. The highest BCUT2D eigenvalue weighted by molar-refractivity contribution is 5.93. The van der Waals surface area contributed by atoms with Crippen molar-refractivity contribution < 1.29 is 29.1 Å². The van der Waals surface area contributed by atoms with E-state index in [1.807, 2.05) is 0 Å². The third-order valence-corrected chi connectivity index (χ3v) is 3.51. The van der Waals surface area contributed by atoms with E-state index in [4.69, 9.17) is 22.3 Å². The highest BCUT2D eigenvalue weighted by atomic mass is 16.4. The number of rotatable bonds is 14. The van der Waals surface area contributed by atoms with Crippen LogP contribution in [0.3, 0.4) is 0 Å². The van der Waals surface area contributed by atoms with E-state index in [0.29, 0.717) is 19.4 Å². The van der Waals surface area contributed by atoms with Gasteiger partial charge >= 0.3 is 5.97 Å². The van der Waals surface area contributed by atoms with Crippen LogP contribution in [-0.2, 0) is 24.0 Å². The van der Waals surface area contributed by atoms with Gasteiger partial charge in [-0.05, 0) is 32.2 Å². The molecule has 10 N–H and O–H groups in total. The molecule has 0 saturated carbocycles. The van der Waals surface area contributed by atoms with Crippen LogP contribution in [0, 0.1) is 0 Å². The Morgan fingerprint density at radius 1 is 0.889 bits per heavy atom. The number of aliphatic carboxylic acids is 1. The maximum Gasteiger partial charge on any atom is 0.322 e. The first-order chi connectivity index (χ1) is 12.7. The molecule has 154 valence electrons. The summed E-state index contributed by atoms with van der Waals surface area (Å²) in [6.07, 6.45) is 1.14. The molecule has 2 unspecified atom stereocenters. The lowest BCUT2D eigenvalue weighted by atomic mass is 10.1. The Bertz CT molecular complexity index is 541. The summed E-state index contributed by atoms with van der Waals surface area (Å²) in [5.74, 6) is -3.94. The lowest BCUT2D eigenvalue weighted by molar-refractivity contribution is -0.138. The van der Waals surface area contributed by atoms with E-state index in [1.54, 1.807) is 0 Å². The minimum atomic E-state index is -1.27. The van der Waals surface area contributed by atoms with E-state index < -0.39 is 48.2 Å². The first-order valence-corrected chi connectivity index (χ1v) is 8.48. The summed E-state index contributed by atoms with van der Waals surface area (Å²) >= 11 is 0. The fourth-order valence-electron chi connectivity index (χ4n) is 2.13. The van der Waals surface area contributed by atoms with Crippen LogP contribution in [0.1, 0.15) is 32.1 Å². The SMILES string of the molecule is NCCCCC(NC(=O)CN)C(=O)NC(CCC(N)=O)C(=O)NCC(=O)O. The van der Waals surface area contributed by atoms with E-state index in [1.165, 1.54) is 0 Å². The highest BCUT2D eigenvalue weighted by Crippen LogP contribution is 2.04. The molecule has 4 amide bonds. The van der Waals surface area contributed by atoms with Crippen molar-refractivity contribution in [1.29, 1.82) is 0 Å². The maximum absolute atomic E-state index is 12.5. The van der Waals surface area contributed by atoms with Gasteiger partial charge in [0, 0.05) is 6.42 Å². The zero-order valence-corrected chi connectivity index (χ0v) is 15.0. The predicted molar refractivity (Wildman–Crippen MR) is 94.9 cm³/mol. The van der Waals surface area contributed by atoms with Gasteiger partial charge in [-0.25, -0.2) is 0 Å². The molecular formula is C15H28N6O6. The molecule has 0 saturated heterocycles. The Labute approximate surface area is 156 Å². The molecule has 0 heterocycles. The van der Waals surface area contributed by atoms with Crippen molar-refractivity contribution in [2.75, 3.05) is 19.6 Å². The number of carboxylic acid groups (broad SMARTS) is 1. The van der Waals surface area contributed by atoms with Crippen LogP contribution in [0.4, 0.5) is 0 Å². The van der Waals surface area contributed by atoms with Crippen LogP contribution in [0.15, 0.2) is 0 Å².